The number of benzene rings is 8. The summed E-state index contributed by atoms with van der Waals surface area (Å²) in [4.78, 5) is 2.42. The first-order chi connectivity index (χ1) is 27.5. The topological polar surface area (TPSA) is 25.6 Å². The number of hydrogen-bond donors (Lipinski definition) is 0. The number of para-hydroxylation sites is 2. The summed E-state index contributed by atoms with van der Waals surface area (Å²) >= 11 is 0. The van der Waals surface area contributed by atoms with Crippen LogP contribution in [0.2, 0.25) is 0 Å². The second-order valence-corrected chi connectivity index (χ2v) is 15.7. The Labute approximate surface area is 327 Å². The van der Waals surface area contributed by atoms with Crippen molar-refractivity contribution < 1.29 is 9.15 Å². The first kappa shape index (κ1) is 32.6. The van der Waals surface area contributed by atoms with Crippen molar-refractivity contribution in [1.29, 1.82) is 0 Å². The van der Waals surface area contributed by atoms with Gasteiger partial charge in [-0.3, -0.25) is 0 Å². The first-order valence-electron chi connectivity index (χ1n) is 19.5. The van der Waals surface area contributed by atoms with Crippen molar-refractivity contribution >= 4 is 39.0 Å². The van der Waals surface area contributed by atoms with Crippen LogP contribution in [-0.2, 0) is 18.3 Å². The summed E-state index contributed by atoms with van der Waals surface area (Å²) in [6.07, 6.45) is 1.48. The van der Waals surface area contributed by atoms with Crippen LogP contribution in [-0.4, -0.2) is 0 Å². The van der Waals surface area contributed by atoms with E-state index in [9.17, 15) is 0 Å². The summed E-state index contributed by atoms with van der Waals surface area (Å²) in [5.41, 5.74) is 17.5. The molecule has 1 aliphatic carbocycles. The molecule has 0 amide bonds. The lowest BCUT2D eigenvalue weighted by Crippen LogP contribution is -2.16. The number of furan rings is 1. The summed E-state index contributed by atoms with van der Waals surface area (Å²) in [6, 6.07) is 63.5. The molecule has 0 spiro atoms. The standard InChI is InChI=1S/C53H39NO2/c1-53(2)45-21-10-8-19-42(45)43-28-26-39(33-46(43)53)54(47-22-13-25-51-52(47)44-20-9-12-24-50(44)56-51)38-27-29-49-37(32-38)31-35-15-4-7-18-41(35)40-17-6-3-14-34(40)30-36-16-5-11-23-48(36)55-49/h3-29,32-33H,30-31H2,1-2H3. The highest BCUT2D eigenvalue weighted by molar-refractivity contribution is 6.13. The lowest BCUT2D eigenvalue weighted by atomic mass is 9.82. The average Bonchev–Trinajstić information content (AvgIpc) is 3.72. The van der Waals surface area contributed by atoms with Gasteiger partial charge in [0.2, 0.25) is 0 Å². The van der Waals surface area contributed by atoms with E-state index in [1.807, 2.05) is 6.07 Å². The fourth-order valence-corrected chi connectivity index (χ4v) is 9.30. The van der Waals surface area contributed by atoms with Gasteiger partial charge >= 0.3 is 0 Å². The lowest BCUT2D eigenvalue weighted by Gasteiger charge is -2.29. The molecule has 1 aliphatic heterocycles. The van der Waals surface area contributed by atoms with Crippen LogP contribution in [0.15, 0.2) is 180 Å². The van der Waals surface area contributed by atoms with Gasteiger partial charge < -0.3 is 14.1 Å². The highest BCUT2D eigenvalue weighted by Crippen LogP contribution is 2.52. The molecular formula is C53H39NO2. The SMILES string of the molecule is CC1(C)c2ccccc2-c2ccc(N(c3ccc4c(c3)Cc3ccccc3-c3ccccc3Cc3ccccc3O4)c3cccc4oc5ccccc5c34)cc21. The van der Waals surface area contributed by atoms with E-state index < -0.39 is 0 Å². The van der Waals surface area contributed by atoms with Crippen LogP contribution in [0.4, 0.5) is 17.1 Å². The number of fused-ring (bicyclic) bond motifs is 11. The van der Waals surface area contributed by atoms with Crippen LogP contribution in [0.5, 0.6) is 11.5 Å². The zero-order valence-electron chi connectivity index (χ0n) is 31.4. The highest BCUT2D eigenvalue weighted by Gasteiger charge is 2.36. The van der Waals surface area contributed by atoms with Gasteiger partial charge in [0.25, 0.3) is 0 Å². The van der Waals surface area contributed by atoms with Crippen LogP contribution < -0.4 is 9.64 Å². The van der Waals surface area contributed by atoms with Crippen LogP contribution in [0.1, 0.15) is 47.2 Å². The van der Waals surface area contributed by atoms with E-state index in [4.69, 9.17) is 9.15 Å². The third kappa shape index (κ3) is 5.12. The normalized spacial score (nSPS) is 13.7. The predicted molar refractivity (Wildman–Crippen MR) is 230 cm³/mol. The molecular weight excluding hydrogens is 683 g/mol. The van der Waals surface area contributed by atoms with Crippen molar-refractivity contribution in [3.63, 3.8) is 0 Å². The summed E-state index contributed by atoms with van der Waals surface area (Å²) in [5.74, 6) is 1.74. The summed E-state index contributed by atoms with van der Waals surface area (Å²) in [7, 11) is 0. The van der Waals surface area contributed by atoms with E-state index in [2.05, 4.69) is 189 Å². The van der Waals surface area contributed by atoms with Crippen LogP contribution in [0.3, 0.4) is 0 Å². The molecule has 56 heavy (non-hydrogen) atoms. The van der Waals surface area contributed by atoms with Gasteiger partial charge in [0.15, 0.2) is 0 Å². The lowest BCUT2D eigenvalue weighted by molar-refractivity contribution is 0.472. The molecule has 2 heterocycles. The molecule has 11 rings (SSSR count). The maximum atomic E-state index is 6.96. The van der Waals surface area contributed by atoms with Gasteiger partial charge in [-0.2, -0.15) is 0 Å². The molecule has 0 radical (unpaired) electrons. The molecule has 0 saturated carbocycles. The molecule has 0 saturated heterocycles. The molecule has 3 heteroatoms. The maximum absolute atomic E-state index is 6.96. The smallest absolute Gasteiger partial charge is 0.137 e. The van der Waals surface area contributed by atoms with Crippen molar-refractivity contribution in [2.24, 2.45) is 0 Å². The number of nitrogens with zero attached hydrogens (tertiary/aromatic N) is 1. The molecule has 8 aromatic carbocycles. The summed E-state index contributed by atoms with van der Waals surface area (Å²) < 4.78 is 13.4. The van der Waals surface area contributed by atoms with Gasteiger partial charge in [-0.25, -0.2) is 0 Å². The number of anilines is 3. The molecule has 0 unspecified atom stereocenters. The molecule has 2 aliphatic rings. The quantitative estimate of drug-likeness (QED) is 0.182. The Bertz CT molecular complexity index is 3000. The Kier molecular flexibility index (Phi) is 7.34. The van der Waals surface area contributed by atoms with Gasteiger partial charge in [-0.15, -0.1) is 0 Å². The third-order valence-electron chi connectivity index (χ3n) is 12.0. The Balaban J connectivity index is 1.15. The zero-order valence-corrected chi connectivity index (χ0v) is 31.4. The minimum Gasteiger partial charge on any atom is -0.457 e. The third-order valence-corrected chi connectivity index (χ3v) is 12.0. The monoisotopic (exact) mass is 721 g/mol. The van der Waals surface area contributed by atoms with Crippen molar-refractivity contribution in [3.8, 4) is 33.8 Å². The van der Waals surface area contributed by atoms with Crippen molar-refractivity contribution in [2.45, 2.75) is 32.1 Å². The molecule has 3 nitrogen and oxygen atoms in total. The van der Waals surface area contributed by atoms with E-state index >= 15 is 0 Å². The largest absolute Gasteiger partial charge is 0.457 e. The molecule has 0 N–H and O–H groups in total. The van der Waals surface area contributed by atoms with Gasteiger partial charge in [-0.05, 0) is 105 Å². The van der Waals surface area contributed by atoms with Gasteiger partial charge in [-0.1, -0.05) is 135 Å². The molecule has 0 bridgehead atoms. The molecule has 268 valence electrons. The number of hydrogen-bond acceptors (Lipinski definition) is 3. The van der Waals surface area contributed by atoms with Gasteiger partial charge in [0.05, 0.1) is 11.1 Å². The van der Waals surface area contributed by atoms with E-state index in [-0.39, 0.29) is 5.41 Å². The second kappa shape index (κ2) is 12.6. The van der Waals surface area contributed by atoms with Crippen molar-refractivity contribution in [1.82, 2.24) is 0 Å². The number of ether oxygens (including phenoxy) is 1. The van der Waals surface area contributed by atoms with Crippen LogP contribution in [0, 0.1) is 0 Å². The minimum atomic E-state index is -0.148. The van der Waals surface area contributed by atoms with E-state index in [0.717, 1.165) is 68.0 Å². The second-order valence-electron chi connectivity index (χ2n) is 15.7. The van der Waals surface area contributed by atoms with E-state index in [1.165, 1.54) is 44.5 Å². The molecule has 0 fully saturated rings. The van der Waals surface area contributed by atoms with Gasteiger partial charge in [0, 0.05) is 40.6 Å². The van der Waals surface area contributed by atoms with E-state index in [1.54, 1.807) is 0 Å². The molecule has 9 aromatic rings. The minimum absolute atomic E-state index is 0.148. The number of rotatable bonds is 3. The Morgan fingerprint density at radius 1 is 0.446 bits per heavy atom. The van der Waals surface area contributed by atoms with Crippen molar-refractivity contribution in [2.75, 3.05) is 4.90 Å². The Hall–Kier alpha value is -6.84. The van der Waals surface area contributed by atoms with Gasteiger partial charge in [0.1, 0.15) is 22.7 Å². The van der Waals surface area contributed by atoms with E-state index in [0.29, 0.717) is 6.42 Å². The predicted octanol–water partition coefficient (Wildman–Crippen LogP) is 14.3. The summed E-state index contributed by atoms with van der Waals surface area (Å²) in [6.45, 7) is 4.70. The van der Waals surface area contributed by atoms with Crippen LogP contribution >= 0.6 is 0 Å². The summed E-state index contributed by atoms with van der Waals surface area (Å²) in [5, 5.41) is 2.19. The fourth-order valence-electron chi connectivity index (χ4n) is 9.30. The van der Waals surface area contributed by atoms with Crippen LogP contribution in [0.25, 0.3) is 44.2 Å². The molecule has 0 atom stereocenters. The Morgan fingerprint density at radius 3 is 1.86 bits per heavy atom. The van der Waals surface area contributed by atoms with Crippen molar-refractivity contribution in [3.05, 3.63) is 209 Å². The first-order valence-corrected chi connectivity index (χ1v) is 19.5. The zero-order chi connectivity index (χ0) is 37.4. The maximum Gasteiger partial charge on any atom is 0.137 e. The highest BCUT2D eigenvalue weighted by atomic mass is 16.5. The Morgan fingerprint density at radius 2 is 1.04 bits per heavy atom. The molecule has 1 aromatic heterocycles. The fraction of sp³-hybridized carbons (Fsp3) is 0.0943. The average molecular weight is 722 g/mol.